The van der Waals surface area contributed by atoms with E-state index >= 15 is 0 Å². The molecule has 0 aliphatic carbocycles. The van der Waals surface area contributed by atoms with Crippen molar-refractivity contribution in [2.24, 2.45) is 0 Å². The summed E-state index contributed by atoms with van der Waals surface area (Å²) in [6.07, 6.45) is 1.81. The molecular weight excluding hydrogens is 470 g/mol. The van der Waals surface area contributed by atoms with Crippen LogP contribution in [0.1, 0.15) is 58.9 Å². The Morgan fingerprint density at radius 1 is 1.20 bits per heavy atom. The number of anilines is 1. The summed E-state index contributed by atoms with van der Waals surface area (Å²) in [6.45, 7) is 3.85. The fraction of sp³-hybridized carbons (Fsp3) is 0.375. The molecular formula is C24H25N5O5S. The molecule has 2 aromatic rings. The molecule has 0 bridgehead atoms. The van der Waals surface area contributed by atoms with Crippen LogP contribution in [0.4, 0.5) is 5.82 Å². The molecule has 1 N–H and O–H groups in total. The van der Waals surface area contributed by atoms with Gasteiger partial charge in [-0.2, -0.15) is 10.5 Å². The van der Waals surface area contributed by atoms with Gasteiger partial charge in [0, 0.05) is 6.54 Å². The summed E-state index contributed by atoms with van der Waals surface area (Å²) in [5, 5.41) is 18.6. The number of sulfonamides is 1. The number of piperidine rings is 1. The first kappa shape index (κ1) is 25.7. The van der Waals surface area contributed by atoms with Gasteiger partial charge in [-0.3, -0.25) is 9.52 Å². The van der Waals surface area contributed by atoms with Gasteiger partial charge in [-0.15, -0.1) is 0 Å². The first-order valence-electron chi connectivity index (χ1n) is 11.1. The predicted octanol–water partition coefficient (Wildman–Crippen LogP) is 2.32. The van der Waals surface area contributed by atoms with Crippen LogP contribution in [0.3, 0.4) is 0 Å². The lowest BCUT2D eigenvalue weighted by Crippen LogP contribution is -2.51. The Morgan fingerprint density at radius 3 is 2.54 bits per heavy atom. The maximum absolute atomic E-state index is 13.1. The number of nitriles is 2. The molecule has 182 valence electrons. The zero-order chi connectivity index (χ0) is 25.6. The number of amides is 1. The van der Waals surface area contributed by atoms with Crippen LogP contribution in [0.5, 0.6) is 0 Å². The molecule has 0 spiro atoms. The second-order valence-electron chi connectivity index (χ2n) is 8.06. The minimum atomic E-state index is -4.01. The molecule has 35 heavy (non-hydrogen) atoms. The van der Waals surface area contributed by atoms with Gasteiger partial charge < -0.3 is 9.64 Å². The Morgan fingerprint density at radius 2 is 1.91 bits per heavy atom. The molecule has 1 aliphatic heterocycles. The fourth-order valence-corrected chi connectivity index (χ4v) is 5.07. The molecule has 1 amide bonds. The molecule has 1 fully saturated rings. The Kier molecular flexibility index (Phi) is 8.05. The van der Waals surface area contributed by atoms with E-state index in [1.165, 1.54) is 30.3 Å². The normalized spacial score (nSPS) is 15.5. The van der Waals surface area contributed by atoms with Crippen molar-refractivity contribution in [3.05, 3.63) is 58.3 Å². The van der Waals surface area contributed by atoms with Crippen molar-refractivity contribution in [2.45, 2.75) is 44.9 Å². The van der Waals surface area contributed by atoms with Crippen molar-refractivity contribution in [3.8, 4) is 12.1 Å². The monoisotopic (exact) mass is 495 g/mol. The van der Waals surface area contributed by atoms with Gasteiger partial charge in [0.05, 0.1) is 40.8 Å². The number of benzene rings is 1. The van der Waals surface area contributed by atoms with Gasteiger partial charge in [0.1, 0.15) is 17.9 Å². The number of nitrogens with one attached hydrogen (secondary N) is 1. The van der Waals surface area contributed by atoms with E-state index < -0.39 is 33.7 Å². The van der Waals surface area contributed by atoms with Crippen LogP contribution < -0.4 is 9.62 Å². The molecule has 1 aliphatic rings. The Labute approximate surface area is 204 Å². The standard InChI is InChI=1S/C24H25N5O5S/c1-3-34-24(31)20-12-19(14-26)22(27-16(20)2)29-11-5-4-6-21(29)23(30)28-35(32,33)15-18-9-7-17(13-25)8-10-18/h7-10,12,21H,3-6,11,15H2,1-2H3,(H,28,30). The van der Waals surface area contributed by atoms with E-state index in [2.05, 4.69) is 9.71 Å². The quantitative estimate of drug-likeness (QED) is 0.570. The van der Waals surface area contributed by atoms with Crippen molar-refractivity contribution >= 4 is 27.7 Å². The van der Waals surface area contributed by atoms with Crippen LogP contribution in [-0.2, 0) is 25.3 Å². The summed E-state index contributed by atoms with van der Waals surface area (Å²) in [6, 6.07) is 10.6. The Bertz CT molecular complexity index is 1310. The number of carbonyl (C=O) groups is 2. The zero-order valence-corrected chi connectivity index (χ0v) is 20.3. The number of ether oxygens (including phenoxy) is 1. The number of hydrogen-bond acceptors (Lipinski definition) is 9. The summed E-state index contributed by atoms with van der Waals surface area (Å²) >= 11 is 0. The lowest BCUT2D eigenvalue weighted by atomic mass is 10.0. The Balaban J connectivity index is 1.84. The number of carbonyl (C=O) groups excluding carboxylic acids is 2. The highest BCUT2D eigenvalue weighted by molar-refractivity contribution is 7.89. The van der Waals surface area contributed by atoms with Crippen molar-refractivity contribution in [1.29, 1.82) is 10.5 Å². The van der Waals surface area contributed by atoms with Gasteiger partial charge in [-0.25, -0.2) is 18.2 Å². The van der Waals surface area contributed by atoms with Crippen LogP contribution >= 0.6 is 0 Å². The zero-order valence-electron chi connectivity index (χ0n) is 19.4. The maximum atomic E-state index is 13.1. The number of pyridine rings is 1. The van der Waals surface area contributed by atoms with Crippen LogP contribution in [0.25, 0.3) is 0 Å². The summed E-state index contributed by atoms with van der Waals surface area (Å²) in [4.78, 5) is 31.3. The van der Waals surface area contributed by atoms with E-state index in [9.17, 15) is 23.3 Å². The maximum Gasteiger partial charge on any atom is 0.340 e. The molecule has 2 heterocycles. The number of nitrogens with zero attached hydrogens (tertiary/aromatic N) is 4. The SMILES string of the molecule is CCOC(=O)c1cc(C#N)c(N2CCCCC2C(=O)NS(=O)(=O)Cc2ccc(C#N)cc2)nc1C. The molecule has 1 aromatic heterocycles. The van der Waals surface area contributed by atoms with Crippen LogP contribution in [0, 0.1) is 29.6 Å². The van der Waals surface area contributed by atoms with E-state index in [4.69, 9.17) is 10.00 Å². The molecule has 11 heteroatoms. The molecule has 1 aromatic carbocycles. The van der Waals surface area contributed by atoms with Gasteiger partial charge in [0.15, 0.2) is 0 Å². The lowest BCUT2D eigenvalue weighted by molar-refractivity contribution is -0.121. The largest absolute Gasteiger partial charge is 0.462 e. The van der Waals surface area contributed by atoms with Gasteiger partial charge in [-0.1, -0.05) is 12.1 Å². The Hall–Kier alpha value is -3.96. The van der Waals surface area contributed by atoms with Gasteiger partial charge in [-0.05, 0) is 56.9 Å². The van der Waals surface area contributed by atoms with Crippen LogP contribution in [-0.4, -0.2) is 44.5 Å². The summed E-state index contributed by atoms with van der Waals surface area (Å²) in [7, 11) is -4.01. The summed E-state index contributed by atoms with van der Waals surface area (Å²) in [5.74, 6) is -1.51. The predicted molar refractivity (Wildman–Crippen MR) is 127 cm³/mol. The minimum absolute atomic E-state index is 0.0961. The van der Waals surface area contributed by atoms with Crippen LogP contribution in [0.2, 0.25) is 0 Å². The molecule has 10 nitrogen and oxygen atoms in total. The van der Waals surface area contributed by atoms with E-state index in [-0.39, 0.29) is 23.6 Å². The van der Waals surface area contributed by atoms with E-state index in [0.29, 0.717) is 36.2 Å². The van der Waals surface area contributed by atoms with Gasteiger partial charge in [0.25, 0.3) is 5.91 Å². The first-order valence-corrected chi connectivity index (χ1v) is 12.7. The third kappa shape index (κ3) is 6.14. The molecule has 1 atom stereocenters. The van der Waals surface area contributed by atoms with E-state index in [0.717, 1.165) is 6.42 Å². The van der Waals surface area contributed by atoms with E-state index in [1.54, 1.807) is 18.7 Å². The molecule has 0 saturated carbocycles. The van der Waals surface area contributed by atoms with E-state index in [1.807, 2.05) is 12.1 Å². The lowest BCUT2D eigenvalue weighted by Gasteiger charge is -2.36. The van der Waals surface area contributed by atoms with Crippen molar-refractivity contribution < 1.29 is 22.7 Å². The van der Waals surface area contributed by atoms with Crippen molar-refractivity contribution in [3.63, 3.8) is 0 Å². The molecule has 1 unspecified atom stereocenters. The second kappa shape index (κ2) is 11.0. The molecule has 3 rings (SSSR count). The number of aromatic nitrogens is 1. The number of aryl methyl sites for hydroxylation is 1. The highest BCUT2D eigenvalue weighted by Crippen LogP contribution is 2.28. The third-order valence-corrected chi connectivity index (χ3v) is 6.81. The first-order chi connectivity index (χ1) is 16.7. The highest BCUT2D eigenvalue weighted by atomic mass is 32.2. The summed E-state index contributed by atoms with van der Waals surface area (Å²) < 4.78 is 32.5. The van der Waals surface area contributed by atoms with Crippen LogP contribution in [0.15, 0.2) is 30.3 Å². The molecule has 0 radical (unpaired) electrons. The summed E-state index contributed by atoms with van der Waals surface area (Å²) in [5.41, 5.74) is 1.44. The average Bonchev–Trinajstić information content (AvgIpc) is 2.83. The third-order valence-electron chi connectivity index (χ3n) is 5.58. The molecule has 1 saturated heterocycles. The van der Waals surface area contributed by atoms with Crippen molar-refractivity contribution in [2.75, 3.05) is 18.1 Å². The van der Waals surface area contributed by atoms with Gasteiger partial charge in [0.2, 0.25) is 10.0 Å². The number of rotatable bonds is 7. The topological polar surface area (TPSA) is 153 Å². The minimum Gasteiger partial charge on any atom is -0.462 e. The van der Waals surface area contributed by atoms with Gasteiger partial charge >= 0.3 is 5.97 Å². The smallest absolute Gasteiger partial charge is 0.340 e. The number of esters is 1. The number of hydrogen-bond donors (Lipinski definition) is 1. The second-order valence-corrected chi connectivity index (χ2v) is 9.79. The van der Waals surface area contributed by atoms with Crippen molar-refractivity contribution in [1.82, 2.24) is 9.71 Å². The highest BCUT2D eigenvalue weighted by Gasteiger charge is 2.34. The average molecular weight is 496 g/mol. The fourth-order valence-electron chi connectivity index (χ4n) is 3.92.